The van der Waals surface area contributed by atoms with Gasteiger partial charge in [0.05, 0.1) is 17.3 Å². The third-order valence-electron chi connectivity index (χ3n) is 4.80. The number of halogens is 3. The van der Waals surface area contributed by atoms with Gasteiger partial charge in [0.2, 0.25) is 5.91 Å². The summed E-state index contributed by atoms with van der Waals surface area (Å²) in [5, 5.41) is 2.44. The van der Waals surface area contributed by atoms with Crippen molar-refractivity contribution in [3.63, 3.8) is 0 Å². The first kappa shape index (κ1) is 19.2. The quantitative estimate of drug-likeness (QED) is 0.832. The van der Waals surface area contributed by atoms with E-state index in [4.69, 9.17) is 0 Å². The molecule has 0 spiro atoms. The summed E-state index contributed by atoms with van der Waals surface area (Å²) in [6.07, 6.45) is -1.64. The van der Waals surface area contributed by atoms with Crippen LogP contribution in [0.5, 0.6) is 0 Å². The molecule has 3 rings (SSSR count). The SMILES string of the molecule is C[C@H](C(=O)Nc1ccccc1C(F)(F)F)N1CC=C(c2ccccc2)CC1. The number of carbonyl (C=O) groups excluding carboxylic acids is 1. The van der Waals surface area contributed by atoms with E-state index in [1.54, 1.807) is 6.92 Å². The van der Waals surface area contributed by atoms with Crippen molar-refractivity contribution in [2.45, 2.75) is 25.6 Å². The molecule has 0 unspecified atom stereocenters. The maximum absolute atomic E-state index is 13.1. The Morgan fingerprint density at radius 3 is 2.37 bits per heavy atom. The normalized spacial score (nSPS) is 16.5. The van der Waals surface area contributed by atoms with Gasteiger partial charge in [-0.1, -0.05) is 48.5 Å². The molecule has 0 radical (unpaired) electrons. The number of para-hydroxylation sites is 1. The molecule has 0 saturated heterocycles. The summed E-state index contributed by atoms with van der Waals surface area (Å²) in [4.78, 5) is 14.5. The fraction of sp³-hybridized carbons (Fsp3) is 0.286. The highest BCUT2D eigenvalue weighted by Gasteiger charge is 2.34. The predicted molar refractivity (Wildman–Crippen MR) is 100 cm³/mol. The van der Waals surface area contributed by atoms with E-state index >= 15 is 0 Å². The standard InChI is InChI=1S/C21H21F3N2O/c1-15(20(27)25-19-10-6-5-9-18(19)21(22,23)24)26-13-11-17(12-14-26)16-7-3-2-4-8-16/h2-11,15H,12-14H2,1H3,(H,25,27)/t15-/m1/s1. The van der Waals surface area contributed by atoms with Gasteiger partial charge >= 0.3 is 6.18 Å². The lowest BCUT2D eigenvalue weighted by Crippen LogP contribution is -2.44. The van der Waals surface area contributed by atoms with Gasteiger partial charge in [0.15, 0.2) is 0 Å². The van der Waals surface area contributed by atoms with Crippen LogP contribution in [0.25, 0.3) is 5.57 Å². The summed E-state index contributed by atoms with van der Waals surface area (Å²) < 4.78 is 39.3. The van der Waals surface area contributed by atoms with E-state index in [-0.39, 0.29) is 5.69 Å². The van der Waals surface area contributed by atoms with Crippen LogP contribution >= 0.6 is 0 Å². The van der Waals surface area contributed by atoms with Crippen molar-refractivity contribution in [1.82, 2.24) is 4.90 Å². The number of carbonyl (C=O) groups is 1. The number of rotatable bonds is 4. The van der Waals surface area contributed by atoms with Gasteiger partial charge in [-0.15, -0.1) is 0 Å². The van der Waals surface area contributed by atoms with Crippen molar-refractivity contribution in [2.75, 3.05) is 18.4 Å². The molecule has 1 amide bonds. The molecule has 2 aromatic carbocycles. The van der Waals surface area contributed by atoms with Gasteiger partial charge < -0.3 is 5.32 Å². The van der Waals surface area contributed by atoms with Crippen molar-refractivity contribution in [2.24, 2.45) is 0 Å². The zero-order valence-electron chi connectivity index (χ0n) is 15.0. The monoisotopic (exact) mass is 374 g/mol. The number of amides is 1. The van der Waals surface area contributed by atoms with Gasteiger partial charge in [-0.2, -0.15) is 13.2 Å². The zero-order valence-corrected chi connectivity index (χ0v) is 15.0. The molecule has 0 aliphatic carbocycles. The molecular weight excluding hydrogens is 353 g/mol. The Hall–Kier alpha value is -2.60. The molecule has 3 nitrogen and oxygen atoms in total. The minimum absolute atomic E-state index is 0.209. The van der Waals surface area contributed by atoms with E-state index < -0.39 is 23.7 Å². The summed E-state index contributed by atoms with van der Waals surface area (Å²) in [6, 6.07) is 14.5. The van der Waals surface area contributed by atoms with E-state index in [2.05, 4.69) is 11.4 Å². The average Bonchev–Trinajstić information content (AvgIpc) is 2.68. The van der Waals surface area contributed by atoms with Crippen LogP contribution in [0.3, 0.4) is 0 Å². The Bertz CT molecular complexity index is 831. The van der Waals surface area contributed by atoms with E-state index in [0.29, 0.717) is 13.1 Å². The van der Waals surface area contributed by atoms with Gasteiger partial charge in [0.1, 0.15) is 0 Å². The van der Waals surface area contributed by atoms with Crippen molar-refractivity contribution in [3.05, 3.63) is 71.8 Å². The Labute approximate surface area is 156 Å². The van der Waals surface area contributed by atoms with E-state index in [0.717, 1.165) is 18.1 Å². The maximum atomic E-state index is 13.1. The predicted octanol–water partition coefficient (Wildman–Crippen LogP) is 4.82. The minimum Gasteiger partial charge on any atom is -0.324 e. The largest absolute Gasteiger partial charge is 0.418 e. The van der Waals surface area contributed by atoms with Crippen LogP contribution in [0.15, 0.2) is 60.7 Å². The molecule has 0 saturated carbocycles. The van der Waals surface area contributed by atoms with Gasteiger partial charge in [0.25, 0.3) is 0 Å². The molecule has 1 N–H and O–H groups in total. The van der Waals surface area contributed by atoms with Crippen LogP contribution in [0.2, 0.25) is 0 Å². The van der Waals surface area contributed by atoms with Crippen molar-refractivity contribution < 1.29 is 18.0 Å². The number of nitrogens with zero attached hydrogens (tertiary/aromatic N) is 1. The van der Waals surface area contributed by atoms with Crippen molar-refractivity contribution in [1.29, 1.82) is 0 Å². The lowest BCUT2D eigenvalue weighted by molar-refractivity contribution is -0.137. The molecule has 1 heterocycles. The number of alkyl halides is 3. The molecule has 1 atom stereocenters. The van der Waals surface area contributed by atoms with Crippen LogP contribution in [0, 0.1) is 0 Å². The van der Waals surface area contributed by atoms with Crippen LogP contribution in [0.1, 0.15) is 24.5 Å². The topological polar surface area (TPSA) is 32.3 Å². The second-order valence-corrected chi connectivity index (χ2v) is 6.55. The number of nitrogens with one attached hydrogen (secondary N) is 1. The van der Waals surface area contributed by atoms with Crippen molar-refractivity contribution >= 4 is 17.2 Å². The Kier molecular flexibility index (Phi) is 5.65. The third kappa shape index (κ3) is 4.57. The summed E-state index contributed by atoms with van der Waals surface area (Å²) in [5.41, 5.74) is 1.34. The van der Waals surface area contributed by atoms with Crippen molar-refractivity contribution in [3.8, 4) is 0 Å². The first-order chi connectivity index (χ1) is 12.9. The molecule has 1 aliphatic rings. The summed E-state index contributed by atoms with van der Waals surface area (Å²) in [7, 11) is 0. The smallest absolute Gasteiger partial charge is 0.324 e. The van der Waals surface area contributed by atoms with Gasteiger partial charge in [-0.25, -0.2) is 0 Å². The highest BCUT2D eigenvalue weighted by molar-refractivity contribution is 5.95. The number of benzene rings is 2. The third-order valence-corrected chi connectivity index (χ3v) is 4.80. The molecule has 0 bridgehead atoms. The molecule has 0 fully saturated rings. The number of hydrogen-bond acceptors (Lipinski definition) is 2. The zero-order chi connectivity index (χ0) is 19.4. The highest BCUT2D eigenvalue weighted by Crippen LogP contribution is 2.34. The number of anilines is 1. The molecule has 142 valence electrons. The van der Waals surface area contributed by atoms with Crippen LogP contribution in [-0.4, -0.2) is 29.9 Å². The fourth-order valence-electron chi connectivity index (χ4n) is 3.19. The van der Waals surface area contributed by atoms with Crippen LogP contribution in [0.4, 0.5) is 18.9 Å². The van der Waals surface area contributed by atoms with Gasteiger partial charge in [0, 0.05) is 13.1 Å². The fourth-order valence-corrected chi connectivity index (χ4v) is 3.19. The minimum atomic E-state index is -4.51. The number of hydrogen-bond donors (Lipinski definition) is 1. The molecular formula is C21H21F3N2O. The Morgan fingerprint density at radius 2 is 1.74 bits per heavy atom. The molecule has 0 aromatic heterocycles. The first-order valence-electron chi connectivity index (χ1n) is 8.82. The van der Waals surface area contributed by atoms with Gasteiger partial charge in [-0.3, -0.25) is 9.69 Å². The first-order valence-corrected chi connectivity index (χ1v) is 8.82. The maximum Gasteiger partial charge on any atom is 0.418 e. The lowest BCUT2D eigenvalue weighted by atomic mass is 9.99. The molecule has 27 heavy (non-hydrogen) atoms. The molecule has 6 heteroatoms. The van der Waals surface area contributed by atoms with Crippen LogP contribution < -0.4 is 5.32 Å². The summed E-state index contributed by atoms with van der Waals surface area (Å²) >= 11 is 0. The second-order valence-electron chi connectivity index (χ2n) is 6.55. The van der Waals surface area contributed by atoms with E-state index in [9.17, 15) is 18.0 Å². The van der Waals surface area contributed by atoms with E-state index in [1.807, 2.05) is 35.2 Å². The molecule has 2 aromatic rings. The Morgan fingerprint density at radius 1 is 1.07 bits per heavy atom. The Balaban J connectivity index is 1.67. The highest BCUT2D eigenvalue weighted by atomic mass is 19.4. The second kappa shape index (κ2) is 7.96. The molecule has 1 aliphatic heterocycles. The van der Waals surface area contributed by atoms with E-state index in [1.165, 1.54) is 23.8 Å². The lowest BCUT2D eigenvalue weighted by Gasteiger charge is -2.31. The van der Waals surface area contributed by atoms with Crippen LogP contribution in [-0.2, 0) is 11.0 Å². The average molecular weight is 374 g/mol. The summed E-state index contributed by atoms with van der Waals surface area (Å²) in [6.45, 7) is 2.98. The van der Waals surface area contributed by atoms with Gasteiger partial charge in [-0.05, 0) is 36.6 Å². The summed E-state index contributed by atoms with van der Waals surface area (Å²) in [5.74, 6) is -0.441.